The second-order valence-corrected chi connectivity index (χ2v) is 15.7. The fraction of sp³-hybridized carbons (Fsp3) is 0.385. The zero-order valence-corrected chi connectivity index (χ0v) is 33.6. The molecule has 0 fully saturated rings. The topological polar surface area (TPSA) is 159 Å². The summed E-state index contributed by atoms with van der Waals surface area (Å²) >= 11 is 4.71. The molecule has 54 heavy (non-hydrogen) atoms. The predicted molar refractivity (Wildman–Crippen MR) is 213 cm³/mol. The first kappa shape index (κ1) is 42.3. The van der Waals surface area contributed by atoms with Gasteiger partial charge in [0.1, 0.15) is 0 Å². The third kappa shape index (κ3) is 13.1. The summed E-state index contributed by atoms with van der Waals surface area (Å²) in [6.07, 6.45) is 8.35. The first-order valence-electron chi connectivity index (χ1n) is 18.2. The summed E-state index contributed by atoms with van der Waals surface area (Å²) < 4.78 is 14.1. The standard InChI is InChI=1S/C14H18N2O2S.C13H16N2O2S.C12H14N2O2S/c1-2-3-4-8-11-19-14-13(16(17)18-15-14)12-9-6-5-7-10-12;1-2-3-7-10-18-13-12(15(16)17-14-13)11-8-5-4-6-9-11;1-9(2)8-17-12-11(14(15)16-13-12)10-6-4-3-5-7-10/h5-7,9-10H,2-4,8,11H2,1H3;4-6,8-9H,2-3,7,10H2,1H3;3-7,9H,8H2,1-2H3. The van der Waals surface area contributed by atoms with Gasteiger partial charge in [-0.05, 0) is 33.5 Å². The second kappa shape index (κ2) is 23.3. The average Bonchev–Trinajstić information content (AvgIpc) is 3.88. The summed E-state index contributed by atoms with van der Waals surface area (Å²) in [7, 11) is 0. The maximum absolute atomic E-state index is 11.6. The van der Waals surface area contributed by atoms with Crippen molar-refractivity contribution in [3.8, 4) is 33.8 Å². The Bertz CT molecular complexity index is 1910. The molecule has 288 valence electrons. The van der Waals surface area contributed by atoms with Gasteiger partial charge in [-0.15, -0.1) is 0 Å². The molecule has 0 saturated heterocycles. The molecule has 0 bridgehead atoms. The highest BCUT2D eigenvalue weighted by Gasteiger charge is 2.23. The predicted octanol–water partition coefficient (Wildman–Crippen LogP) is 9.63. The van der Waals surface area contributed by atoms with Crippen molar-refractivity contribution in [1.29, 1.82) is 0 Å². The molecule has 0 amide bonds. The van der Waals surface area contributed by atoms with Crippen molar-refractivity contribution < 1.29 is 28.6 Å². The highest BCUT2D eigenvalue weighted by molar-refractivity contribution is 7.99. The Morgan fingerprint density at radius 2 is 0.833 bits per heavy atom. The van der Waals surface area contributed by atoms with E-state index >= 15 is 0 Å². The van der Waals surface area contributed by atoms with E-state index in [1.54, 1.807) is 35.3 Å². The van der Waals surface area contributed by atoms with Crippen LogP contribution in [0.4, 0.5) is 0 Å². The van der Waals surface area contributed by atoms with Crippen molar-refractivity contribution in [2.45, 2.75) is 87.7 Å². The van der Waals surface area contributed by atoms with Crippen LogP contribution in [0.5, 0.6) is 0 Å². The lowest BCUT2D eigenvalue weighted by Crippen LogP contribution is -2.25. The number of hydrogen-bond donors (Lipinski definition) is 0. The Kier molecular flexibility index (Phi) is 18.3. The number of rotatable bonds is 17. The van der Waals surface area contributed by atoms with Crippen molar-refractivity contribution in [2.75, 3.05) is 17.3 Å². The molecule has 0 N–H and O–H groups in total. The van der Waals surface area contributed by atoms with Gasteiger partial charge < -0.3 is 15.6 Å². The van der Waals surface area contributed by atoms with Crippen LogP contribution in [-0.4, -0.2) is 32.7 Å². The van der Waals surface area contributed by atoms with Crippen LogP contribution in [0.3, 0.4) is 0 Å². The van der Waals surface area contributed by atoms with Crippen LogP contribution in [0.2, 0.25) is 0 Å². The van der Waals surface area contributed by atoms with Crippen molar-refractivity contribution in [1.82, 2.24) is 15.5 Å². The Morgan fingerprint density at radius 3 is 1.19 bits per heavy atom. The zero-order chi connectivity index (χ0) is 38.5. The molecular formula is C39H48N6O6S3. The van der Waals surface area contributed by atoms with Crippen LogP contribution in [0.15, 0.2) is 120 Å². The molecular weight excluding hydrogens is 745 g/mol. The average molecular weight is 793 g/mol. The van der Waals surface area contributed by atoms with Gasteiger partial charge in [-0.3, -0.25) is 13.9 Å². The van der Waals surface area contributed by atoms with Crippen molar-refractivity contribution >= 4 is 35.3 Å². The van der Waals surface area contributed by atoms with Crippen LogP contribution >= 0.6 is 35.3 Å². The Labute approximate surface area is 329 Å². The summed E-state index contributed by atoms with van der Waals surface area (Å²) in [4.78, 5) is 1.44. The molecule has 0 unspecified atom stereocenters. The highest BCUT2D eigenvalue weighted by atomic mass is 32.2. The lowest BCUT2D eigenvalue weighted by Gasteiger charge is -2.00. The van der Waals surface area contributed by atoms with Crippen molar-refractivity contribution in [2.24, 2.45) is 5.92 Å². The monoisotopic (exact) mass is 792 g/mol. The SMILES string of the molecule is CC(C)CSc1no[n+]([O-])c1-c1ccccc1.CCCCCCSc1no[n+]([O-])c1-c1ccccc1.CCCCCSc1no[n+]([O-])c1-c1ccccc1. The first-order valence-corrected chi connectivity index (χ1v) is 21.1. The van der Waals surface area contributed by atoms with Crippen molar-refractivity contribution in [3.05, 3.63) is 107 Å². The number of nitrogens with zero attached hydrogens (tertiary/aromatic N) is 6. The van der Waals surface area contributed by atoms with Gasteiger partial charge in [0.15, 0.2) is 0 Å². The van der Waals surface area contributed by atoms with Gasteiger partial charge in [0.25, 0.3) is 15.1 Å². The molecule has 0 aliphatic carbocycles. The quantitative estimate of drug-likeness (QED) is 0.0490. The highest BCUT2D eigenvalue weighted by Crippen LogP contribution is 2.30. The fourth-order valence-electron chi connectivity index (χ4n) is 4.93. The molecule has 0 aliphatic rings. The Morgan fingerprint density at radius 1 is 0.500 bits per heavy atom. The molecule has 0 aliphatic heterocycles. The van der Waals surface area contributed by atoms with Gasteiger partial charge in [-0.2, -0.15) is 0 Å². The smallest absolute Gasteiger partial charge is 0.282 e. The fourth-order valence-corrected chi connectivity index (χ4v) is 7.75. The Hall–Kier alpha value is -4.47. The van der Waals surface area contributed by atoms with E-state index in [1.165, 1.54) is 32.1 Å². The van der Waals surface area contributed by atoms with Gasteiger partial charge in [-0.1, -0.05) is 186 Å². The van der Waals surface area contributed by atoms with Crippen LogP contribution in [0.25, 0.3) is 33.8 Å². The van der Waals surface area contributed by atoms with E-state index in [0.29, 0.717) is 52.8 Å². The van der Waals surface area contributed by atoms with Crippen LogP contribution < -0.4 is 14.7 Å². The van der Waals surface area contributed by atoms with Crippen molar-refractivity contribution in [3.63, 3.8) is 0 Å². The number of thioether (sulfide) groups is 3. The van der Waals surface area contributed by atoms with E-state index in [9.17, 15) is 15.6 Å². The maximum atomic E-state index is 11.6. The van der Waals surface area contributed by atoms with E-state index in [-0.39, 0.29) is 0 Å². The largest absolute Gasteiger partial charge is 0.359 e. The molecule has 0 saturated carbocycles. The summed E-state index contributed by atoms with van der Waals surface area (Å²) in [5.74, 6) is 3.37. The van der Waals surface area contributed by atoms with E-state index < -0.39 is 0 Å². The molecule has 3 aromatic carbocycles. The molecule has 15 heteroatoms. The third-order valence-electron chi connectivity index (χ3n) is 7.67. The minimum absolute atomic E-state index is 0.470. The molecule has 3 heterocycles. The third-order valence-corrected chi connectivity index (χ3v) is 11.1. The minimum Gasteiger partial charge on any atom is -0.359 e. The van der Waals surface area contributed by atoms with Gasteiger partial charge >= 0.3 is 0 Å². The van der Waals surface area contributed by atoms with Crippen LogP contribution in [-0.2, 0) is 0 Å². The molecule has 6 rings (SSSR count). The van der Waals surface area contributed by atoms with Gasteiger partial charge in [0, 0.05) is 33.9 Å². The molecule has 3 aromatic heterocycles. The lowest BCUT2D eigenvalue weighted by atomic mass is 10.2. The molecule has 0 radical (unpaired) electrons. The molecule has 0 atom stereocenters. The maximum Gasteiger partial charge on any atom is 0.282 e. The van der Waals surface area contributed by atoms with E-state index in [2.05, 4.69) is 47.8 Å². The summed E-state index contributed by atoms with van der Waals surface area (Å²) in [6.45, 7) is 8.61. The molecule has 0 spiro atoms. The van der Waals surface area contributed by atoms with Gasteiger partial charge in [0.05, 0.1) is 15.5 Å². The normalized spacial score (nSPS) is 10.8. The second-order valence-electron chi connectivity index (χ2n) is 12.5. The van der Waals surface area contributed by atoms with Gasteiger partial charge in [-0.25, -0.2) is 0 Å². The number of hydrogen-bond acceptors (Lipinski definition) is 12. The lowest BCUT2D eigenvalue weighted by molar-refractivity contribution is -0.793. The molecule has 6 aromatic rings. The van der Waals surface area contributed by atoms with Crippen LogP contribution in [0, 0.1) is 21.5 Å². The van der Waals surface area contributed by atoms with Gasteiger partial charge in [0.2, 0.25) is 17.1 Å². The molecule has 12 nitrogen and oxygen atoms in total. The van der Waals surface area contributed by atoms with Crippen LogP contribution in [0.1, 0.15) is 72.6 Å². The number of unbranched alkanes of at least 4 members (excludes halogenated alkanes) is 5. The summed E-state index contributed by atoms with van der Waals surface area (Å²) in [5, 5.41) is 48.3. The summed E-state index contributed by atoms with van der Waals surface area (Å²) in [5.41, 5.74) is 4.03. The minimum atomic E-state index is 0.470. The van der Waals surface area contributed by atoms with E-state index in [4.69, 9.17) is 9.26 Å². The number of benzene rings is 3. The Balaban J connectivity index is 0.000000181. The summed E-state index contributed by atoms with van der Waals surface area (Å²) in [6, 6.07) is 28.4. The number of aromatic nitrogens is 6. The van der Waals surface area contributed by atoms with E-state index in [1.807, 2.05) is 91.0 Å². The zero-order valence-electron chi connectivity index (χ0n) is 31.2. The van der Waals surface area contributed by atoms with E-state index in [0.717, 1.165) is 46.8 Å². The first-order chi connectivity index (χ1) is 26.3.